The van der Waals surface area contributed by atoms with Crippen LogP contribution in [0.2, 0.25) is 5.02 Å². The summed E-state index contributed by atoms with van der Waals surface area (Å²) in [5, 5.41) is 0.752. The first kappa shape index (κ1) is 26.9. The van der Waals surface area contributed by atoms with E-state index in [1.54, 1.807) is 0 Å². The van der Waals surface area contributed by atoms with Crippen LogP contribution in [-0.4, -0.2) is 64.4 Å². The number of benzene rings is 1. The molecule has 35 heavy (non-hydrogen) atoms. The third-order valence-corrected chi connectivity index (χ3v) is 9.01. The van der Waals surface area contributed by atoms with Crippen molar-refractivity contribution in [2.75, 3.05) is 26.2 Å². The van der Waals surface area contributed by atoms with Crippen molar-refractivity contribution in [1.29, 1.82) is 0 Å². The Hall–Kier alpha value is -1.10. The maximum Gasteiger partial charge on any atom is 0.227 e. The Balaban J connectivity index is 1.49. The van der Waals surface area contributed by atoms with Crippen LogP contribution in [0.4, 0.5) is 0 Å². The first-order valence-corrected chi connectivity index (χ1v) is 14.5. The Morgan fingerprint density at radius 2 is 1.66 bits per heavy atom. The number of hydrogen-bond acceptors (Lipinski definition) is 3. The molecule has 3 aliphatic rings. The van der Waals surface area contributed by atoms with Crippen molar-refractivity contribution in [3.8, 4) is 0 Å². The molecule has 1 aliphatic carbocycles. The van der Waals surface area contributed by atoms with E-state index in [4.69, 9.17) is 11.6 Å². The Kier molecular flexibility index (Phi) is 8.55. The number of halogens is 1. The molecule has 0 radical (unpaired) electrons. The van der Waals surface area contributed by atoms with Gasteiger partial charge in [-0.25, -0.2) is 0 Å². The second kappa shape index (κ2) is 11.1. The van der Waals surface area contributed by atoms with Crippen LogP contribution >= 0.6 is 11.6 Å². The van der Waals surface area contributed by atoms with E-state index in [2.05, 4.69) is 68.4 Å². The van der Waals surface area contributed by atoms with E-state index in [9.17, 15) is 4.79 Å². The quantitative estimate of drug-likeness (QED) is 0.437. The molecule has 1 unspecified atom stereocenters. The summed E-state index contributed by atoms with van der Waals surface area (Å²) in [4.78, 5) is 21.6. The van der Waals surface area contributed by atoms with Crippen LogP contribution in [0.3, 0.4) is 0 Å². The van der Waals surface area contributed by atoms with Crippen LogP contribution in [0.25, 0.3) is 0 Å². The molecular formula is C30H48ClN3O. The van der Waals surface area contributed by atoms with Gasteiger partial charge >= 0.3 is 0 Å². The van der Waals surface area contributed by atoms with E-state index < -0.39 is 0 Å². The van der Waals surface area contributed by atoms with Gasteiger partial charge in [0, 0.05) is 54.9 Å². The SMILES string of the molecule is CC(C)CN([C@H]1CCN(C(=O)[C@H]2CCN(C(C)(C)C)C2c2ccc(Cl)cc2)C1)[C@H]1CC[C@@H](C)CC1. The molecule has 0 spiro atoms. The molecule has 4 rings (SSSR count). The minimum absolute atomic E-state index is 0.0130. The van der Waals surface area contributed by atoms with Crippen molar-refractivity contribution in [2.45, 2.75) is 104 Å². The molecule has 1 aromatic rings. The summed E-state index contributed by atoms with van der Waals surface area (Å²) < 4.78 is 0. The molecule has 0 N–H and O–H groups in total. The highest BCUT2D eigenvalue weighted by molar-refractivity contribution is 6.30. The molecule has 0 bridgehead atoms. The van der Waals surface area contributed by atoms with Crippen LogP contribution in [0.15, 0.2) is 24.3 Å². The van der Waals surface area contributed by atoms with Gasteiger partial charge in [0.15, 0.2) is 0 Å². The number of likely N-dealkylation sites (tertiary alicyclic amines) is 2. The van der Waals surface area contributed by atoms with Gasteiger partial charge in [-0.15, -0.1) is 0 Å². The van der Waals surface area contributed by atoms with E-state index in [1.807, 2.05) is 12.1 Å². The van der Waals surface area contributed by atoms with Gasteiger partial charge in [-0.05, 0) is 88.8 Å². The lowest BCUT2D eigenvalue weighted by Crippen LogP contribution is -2.48. The van der Waals surface area contributed by atoms with Crippen LogP contribution in [0.5, 0.6) is 0 Å². The minimum atomic E-state index is 0.0130. The summed E-state index contributed by atoms with van der Waals surface area (Å²) in [5.74, 6) is 1.90. The summed E-state index contributed by atoms with van der Waals surface area (Å²) in [6, 6.07) is 9.51. The van der Waals surface area contributed by atoms with Crippen LogP contribution in [0, 0.1) is 17.8 Å². The largest absolute Gasteiger partial charge is 0.341 e. The van der Waals surface area contributed by atoms with Gasteiger partial charge < -0.3 is 4.90 Å². The van der Waals surface area contributed by atoms with Crippen LogP contribution in [0.1, 0.15) is 91.7 Å². The maximum absolute atomic E-state index is 14.0. The van der Waals surface area contributed by atoms with Crippen LogP contribution in [-0.2, 0) is 4.79 Å². The van der Waals surface area contributed by atoms with Gasteiger partial charge in [0.25, 0.3) is 0 Å². The Labute approximate surface area is 219 Å². The van der Waals surface area contributed by atoms with Crippen LogP contribution < -0.4 is 0 Å². The molecule has 1 amide bonds. The summed E-state index contributed by atoms with van der Waals surface area (Å²) in [6.07, 6.45) is 7.39. The molecule has 196 valence electrons. The van der Waals surface area contributed by atoms with E-state index in [0.29, 0.717) is 23.9 Å². The smallest absolute Gasteiger partial charge is 0.227 e. The Morgan fingerprint density at radius 1 is 1.00 bits per heavy atom. The van der Waals surface area contributed by atoms with E-state index >= 15 is 0 Å². The normalized spacial score (nSPS) is 30.5. The fourth-order valence-electron chi connectivity index (χ4n) is 6.91. The van der Waals surface area contributed by atoms with Crippen molar-refractivity contribution >= 4 is 17.5 Å². The van der Waals surface area contributed by atoms with E-state index in [0.717, 1.165) is 50.0 Å². The van der Waals surface area contributed by atoms with Crippen molar-refractivity contribution in [2.24, 2.45) is 17.8 Å². The minimum Gasteiger partial charge on any atom is -0.341 e. The summed E-state index contributed by atoms with van der Waals surface area (Å²) in [6.45, 7) is 17.8. The molecule has 2 aliphatic heterocycles. The average molecular weight is 502 g/mol. The van der Waals surface area contributed by atoms with Gasteiger partial charge in [0.2, 0.25) is 5.91 Å². The predicted octanol–water partition coefficient (Wildman–Crippen LogP) is 6.64. The van der Waals surface area contributed by atoms with Crippen molar-refractivity contribution in [3.05, 3.63) is 34.9 Å². The molecule has 2 heterocycles. The van der Waals surface area contributed by atoms with Crippen molar-refractivity contribution in [3.63, 3.8) is 0 Å². The average Bonchev–Trinajstić information content (AvgIpc) is 3.46. The molecular weight excluding hydrogens is 454 g/mol. The molecule has 5 heteroatoms. The fraction of sp³-hybridized carbons (Fsp3) is 0.767. The third kappa shape index (κ3) is 6.25. The molecule has 3 atom stereocenters. The molecule has 0 aromatic heterocycles. The first-order valence-electron chi connectivity index (χ1n) is 14.1. The lowest BCUT2D eigenvalue weighted by Gasteiger charge is -2.41. The topological polar surface area (TPSA) is 26.8 Å². The lowest BCUT2D eigenvalue weighted by molar-refractivity contribution is -0.136. The van der Waals surface area contributed by atoms with Gasteiger partial charge in [0.05, 0.1) is 5.92 Å². The fourth-order valence-corrected chi connectivity index (χ4v) is 7.04. The molecule has 2 saturated heterocycles. The number of carbonyl (C=O) groups excluding carboxylic acids is 1. The standard InChI is InChI=1S/C30H48ClN3O/c1-21(2)19-33(25-13-7-22(3)8-14-25)26-15-17-32(20-26)29(35)27-16-18-34(30(4,5)6)28(27)23-9-11-24(31)12-10-23/h9-12,21-22,25-28H,7-8,13-20H2,1-6H3/t22-,25+,26-,27-,28?/m0/s1. The molecule has 1 saturated carbocycles. The molecule has 4 nitrogen and oxygen atoms in total. The van der Waals surface area contributed by atoms with E-state index in [-0.39, 0.29) is 17.5 Å². The van der Waals surface area contributed by atoms with Gasteiger partial charge in [-0.3, -0.25) is 14.6 Å². The summed E-state index contributed by atoms with van der Waals surface area (Å²) >= 11 is 6.21. The third-order valence-electron chi connectivity index (χ3n) is 8.76. The zero-order chi connectivity index (χ0) is 25.3. The molecule has 1 aromatic carbocycles. The number of carbonyl (C=O) groups is 1. The summed E-state index contributed by atoms with van der Waals surface area (Å²) in [7, 11) is 0. The highest BCUT2D eigenvalue weighted by Gasteiger charge is 2.46. The lowest BCUT2D eigenvalue weighted by atomic mass is 9.85. The van der Waals surface area contributed by atoms with Crippen molar-refractivity contribution < 1.29 is 4.79 Å². The Morgan fingerprint density at radius 3 is 2.26 bits per heavy atom. The van der Waals surface area contributed by atoms with Gasteiger partial charge in [-0.1, -0.05) is 44.5 Å². The monoisotopic (exact) mass is 501 g/mol. The number of amides is 1. The van der Waals surface area contributed by atoms with Gasteiger partial charge in [0.1, 0.15) is 0 Å². The predicted molar refractivity (Wildman–Crippen MR) is 147 cm³/mol. The zero-order valence-corrected chi connectivity index (χ0v) is 23.7. The van der Waals surface area contributed by atoms with Gasteiger partial charge in [-0.2, -0.15) is 0 Å². The Bertz CT molecular complexity index is 840. The van der Waals surface area contributed by atoms with Crippen molar-refractivity contribution in [1.82, 2.24) is 14.7 Å². The second-order valence-electron chi connectivity index (χ2n) is 13.0. The number of nitrogens with zero attached hydrogens (tertiary/aromatic N) is 3. The second-order valence-corrected chi connectivity index (χ2v) is 13.4. The molecule has 3 fully saturated rings. The van der Waals surface area contributed by atoms with E-state index in [1.165, 1.54) is 31.2 Å². The number of hydrogen-bond donors (Lipinski definition) is 0. The highest BCUT2D eigenvalue weighted by atomic mass is 35.5. The summed E-state index contributed by atoms with van der Waals surface area (Å²) in [5.41, 5.74) is 1.23. The zero-order valence-electron chi connectivity index (χ0n) is 23.0. The maximum atomic E-state index is 14.0. The first-order chi connectivity index (χ1) is 16.5. The highest BCUT2D eigenvalue weighted by Crippen LogP contribution is 2.43. The number of rotatable bonds is 6.